The smallest absolute Gasteiger partial charge is 0.186 e. The van der Waals surface area contributed by atoms with E-state index in [1.807, 2.05) is 11.8 Å². The van der Waals surface area contributed by atoms with Gasteiger partial charge in [0.15, 0.2) is 11.4 Å². The molecular weight excluding hydrogens is 252 g/mol. The Kier molecular flexibility index (Phi) is 4.45. The molecule has 5 heteroatoms. The Morgan fingerprint density at radius 1 is 1.35 bits per heavy atom. The molecule has 0 spiro atoms. The van der Waals surface area contributed by atoms with Gasteiger partial charge in [-0.15, -0.1) is 0 Å². The predicted molar refractivity (Wildman–Crippen MR) is 75.7 cm³/mol. The van der Waals surface area contributed by atoms with E-state index in [4.69, 9.17) is 0 Å². The van der Waals surface area contributed by atoms with Crippen molar-refractivity contribution in [1.29, 1.82) is 0 Å². The first-order chi connectivity index (χ1) is 8.22. The van der Waals surface area contributed by atoms with E-state index < -0.39 is 0 Å². The van der Waals surface area contributed by atoms with Gasteiger partial charge >= 0.3 is 0 Å². The molecule has 1 aliphatic rings. The normalized spacial score (nSPS) is 17.2. The molecule has 1 aromatic heterocycles. The molecule has 94 valence electrons. The van der Waals surface area contributed by atoms with E-state index >= 15 is 0 Å². The second-order valence-corrected chi connectivity index (χ2v) is 6.71. The third kappa shape index (κ3) is 3.01. The number of carbonyl (C=O) groups is 1. The second-order valence-electron chi connectivity index (χ2n) is 4.47. The highest BCUT2D eigenvalue weighted by Crippen LogP contribution is 2.30. The van der Waals surface area contributed by atoms with Crippen LogP contribution in [0.4, 0.5) is 5.13 Å². The van der Waals surface area contributed by atoms with Gasteiger partial charge in [0.25, 0.3) is 0 Å². The van der Waals surface area contributed by atoms with Gasteiger partial charge < -0.3 is 4.90 Å². The minimum Gasteiger partial charge on any atom is -0.347 e. The topological polar surface area (TPSA) is 33.2 Å². The van der Waals surface area contributed by atoms with E-state index in [-0.39, 0.29) is 0 Å². The summed E-state index contributed by atoms with van der Waals surface area (Å²) in [7, 11) is 0. The molecule has 2 heterocycles. The number of thioether (sulfide) groups is 1. The molecule has 1 saturated heterocycles. The molecule has 1 aromatic rings. The molecular formula is C12H18N2OS2. The van der Waals surface area contributed by atoms with Crippen molar-refractivity contribution in [3.05, 3.63) is 10.6 Å². The highest BCUT2D eigenvalue weighted by atomic mass is 32.2. The number of hydrogen-bond acceptors (Lipinski definition) is 5. The highest BCUT2D eigenvalue weighted by molar-refractivity contribution is 7.99. The van der Waals surface area contributed by atoms with Gasteiger partial charge in [0, 0.05) is 18.8 Å². The molecule has 17 heavy (non-hydrogen) atoms. The van der Waals surface area contributed by atoms with Gasteiger partial charge in [0.1, 0.15) is 0 Å². The van der Waals surface area contributed by atoms with Gasteiger partial charge in [-0.2, -0.15) is 11.8 Å². The van der Waals surface area contributed by atoms with E-state index in [0.29, 0.717) is 5.92 Å². The second kappa shape index (κ2) is 5.87. The molecule has 0 aromatic carbocycles. The van der Waals surface area contributed by atoms with Crippen LogP contribution < -0.4 is 4.90 Å². The third-order valence-electron chi connectivity index (χ3n) is 2.82. The highest BCUT2D eigenvalue weighted by Gasteiger charge is 2.18. The SMILES string of the molecule is CC(C)c1nc(N2CCCSCC2)sc1C=O. The van der Waals surface area contributed by atoms with Crippen molar-refractivity contribution in [2.75, 3.05) is 29.5 Å². The van der Waals surface area contributed by atoms with Crippen molar-refractivity contribution in [1.82, 2.24) is 4.98 Å². The van der Waals surface area contributed by atoms with Crippen LogP contribution in [0.25, 0.3) is 0 Å². The van der Waals surface area contributed by atoms with Gasteiger partial charge in [0.05, 0.1) is 10.6 Å². The van der Waals surface area contributed by atoms with E-state index in [0.717, 1.165) is 40.8 Å². The zero-order chi connectivity index (χ0) is 12.3. The molecule has 1 fully saturated rings. The zero-order valence-electron chi connectivity index (χ0n) is 10.3. The number of rotatable bonds is 3. The van der Waals surface area contributed by atoms with Gasteiger partial charge in [-0.1, -0.05) is 25.2 Å². The Hall–Kier alpha value is -0.550. The number of hydrogen-bond donors (Lipinski definition) is 0. The minimum atomic E-state index is 0.321. The standard InChI is InChI=1S/C12H18N2OS2/c1-9(2)11-10(8-15)17-12(13-11)14-4-3-6-16-7-5-14/h8-9H,3-7H2,1-2H3. The Labute approximate surface area is 111 Å². The van der Waals surface area contributed by atoms with Crippen molar-refractivity contribution in [3.8, 4) is 0 Å². The Balaban J connectivity index is 2.22. The lowest BCUT2D eigenvalue weighted by atomic mass is 10.1. The van der Waals surface area contributed by atoms with Gasteiger partial charge in [-0.25, -0.2) is 4.98 Å². The summed E-state index contributed by atoms with van der Waals surface area (Å²) >= 11 is 3.54. The molecule has 2 rings (SSSR count). The van der Waals surface area contributed by atoms with Crippen molar-refractivity contribution in [3.63, 3.8) is 0 Å². The van der Waals surface area contributed by atoms with Gasteiger partial charge in [-0.05, 0) is 18.1 Å². The van der Waals surface area contributed by atoms with Crippen LogP contribution in [0.1, 0.15) is 41.6 Å². The maximum absolute atomic E-state index is 11.0. The largest absolute Gasteiger partial charge is 0.347 e. The van der Waals surface area contributed by atoms with E-state index in [2.05, 4.69) is 23.7 Å². The maximum Gasteiger partial charge on any atom is 0.186 e. The molecule has 1 aliphatic heterocycles. The van der Waals surface area contributed by atoms with E-state index in [9.17, 15) is 4.79 Å². The monoisotopic (exact) mass is 270 g/mol. The number of thiazole rings is 1. The molecule has 3 nitrogen and oxygen atoms in total. The van der Waals surface area contributed by atoms with E-state index in [1.165, 1.54) is 12.2 Å². The van der Waals surface area contributed by atoms with Gasteiger partial charge in [-0.3, -0.25) is 4.79 Å². The van der Waals surface area contributed by atoms with Crippen LogP contribution in [0.3, 0.4) is 0 Å². The van der Waals surface area contributed by atoms with Gasteiger partial charge in [0.2, 0.25) is 0 Å². The lowest BCUT2D eigenvalue weighted by molar-refractivity contribution is 0.112. The number of nitrogens with zero attached hydrogens (tertiary/aromatic N) is 2. The molecule has 0 radical (unpaired) electrons. The quantitative estimate of drug-likeness (QED) is 0.791. The fraction of sp³-hybridized carbons (Fsp3) is 0.667. The van der Waals surface area contributed by atoms with Crippen LogP contribution in [0.15, 0.2) is 0 Å². The summed E-state index contributed by atoms with van der Waals surface area (Å²) in [6.45, 7) is 6.29. The van der Waals surface area contributed by atoms with Crippen LogP contribution in [0, 0.1) is 0 Å². The summed E-state index contributed by atoms with van der Waals surface area (Å²) < 4.78 is 0. The molecule has 0 atom stereocenters. The summed E-state index contributed by atoms with van der Waals surface area (Å²) in [5.41, 5.74) is 0.955. The van der Waals surface area contributed by atoms with Crippen LogP contribution in [-0.4, -0.2) is 35.9 Å². The van der Waals surface area contributed by atoms with Crippen molar-refractivity contribution in [2.45, 2.75) is 26.2 Å². The maximum atomic E-state index is 11.0. The third-order valence-corrected chi connectivity index (χ3v) is 4.92. The minimum absolute atomic E-state index is 0.321. The average molecular weight is 270 g/mol. The first-order valence-electron chi connectivity index (χ1n) is 6.01. The van der Waals surface area contributed by atoms with Crippen LogP contribution >= 0.6 is 23.1 Å². The molecule has 0 aliphatic carbocycles. The number of aldehydes is 1. The summed E-state index contributed by atoms with van der Waals surface area (Å²) in [5, 5.41) is 1.03. The summed E-state index contributed by atoms with van der Waals surface area (Å²) in [4.78, 5) is 18.8. The Bertz CT molecular complexity index is 382. The van der Waals surface area contributed by atoms with Crippen LogP contribution in [-0.2, 0) is 0 Å². The summed E-state index contributed by atoms with van der Waals surface area (Å²) in [6.07, 6.45) is 2.15. The fourth-order valence-electron chi connectivity index (χ4n) is 1.90. The van der Waals surface area contributed by atoms with Crippen LogP contribution in [0.5, 0.6) is 0 Å². The Morgan fingerprint density at radius 2 is 2.18 bits per heavy atom. The Morgan fingerprint density at radius 3 is 2.82 bits per heavy atom. The molecule has 0 N–H and O–H groups in total. The van der Waals surface area contributed by atoms with Crippen molar-refractivity contribution < 1.29 is 4.79 Å². The predicted octanol–water partition coefficient (Wildman–Crippen LogP) is 3.02. The molecule has 0 bridgehead atoms. The number of anilines is 1. The summed E-state index contributed by atoms with van der Waals surface area (Å²) in [5.74, 6) is 2.72. The molecule has 0 saturated carbocycles. The first-order valence-corrected chi connectivity index (χ1v) is 7.98. The lowest BCUT2D eigenvalue weighted by Crippen LogP contribution is -2.25. The number of aromatic nitrogens is 1. The fourth-order valence-corrected chi connectivity index (χ4v) is 3.88. The molecule has 0 amide bonds. The van der Waals surface area contributed by atoms with E-state index in [1.54, 1.807) is 11.3 Å². The average Bonchev–Trinajstić information content (AvgIpc) is 2.57. The summed E-state index contributed by atoms with van der Waals surface area (Å²) in [6, 6.07) is 0. The van der Waals surface area contributed by atoms with Crippen molar-refractivity contribution >= 4 is 34.5 Å². The lowest BCUT2D eigenvalue weighted by Gasteiger charge is -2.18. The number of carbonyl (C=O) groups excluding carboxylic acids is 1. The molecule has 0 unspecified atom stereocenters. The first kappa shape index (κ1) is 12.9. The van der Waals surface area contributed by atoms with Crippen LogP contribution in [0.2, 0.25) is 0 Å². The zero-order valence-corrected chi connectivity index (χ0v) is 11.9. The van der Waals surface area contributed by atoms with Crippen molar-refractivity contribution in [2.24, 2.45) is 0 Å².